The van der Waals surface area contributed by atoms with E-state index in [2.05, 4.69) is 20.6 Å². The quantitative estimate of drug-likeness (QED) is 0.254. The van der Waals surface area contributed by atoms with E-state index in [0.29, 0.717) is 17.4 Å². The SMILES string of the molecule is COc1ccc(-c2nnc3ccc(OCCNC(=O)c4ccccc4[N+](=O)[O-])nn23)cc1. The van der Waals surface area contributed by atoms with Gasteiger partial charge in [0, 0.05) is 17.7 Å². The molecule has 0 fully saturated rings. The number of rotatable bonds is 8. The molecule has 0 aliphatic heterocycles. The number of amides is 1. The van der Waals surface area contributed by atoms with Gasteiger partial charge in [0.25, 0.3) is 11.6 Å². The fourth-order valence-corrected chi connectivity index (χ4v) is 3.01. The van der Waals surface area contributed by atoms with Gasteiger partial charge in [0.15, 0.2) is 11.5 Å². The molecule has 0 radical (unpaired) electrons. The van der Waals surface area contributed by atoms with Crippen LogP contribution in [0.4, 0.5) is 5.69 Å². The maximum Gasteiger partial charge on any atom is 0.282 e. The van der Waals surface area contributed by atoms with Crippen molar-refractivity contribution in [2.24, 2.45) is 0 Å². The van der Waals surface area contributed by atoms with Crippen molar-refractivity contribution < 1.29 is 19.2 Å². The normalized spacial score (nSPS) is 10.7. The molecule has 11 nitrogen and oxygen atoms in total. The Hall–Kier alpha value is -4.54. The van der Waals surface area contributed by atoms with Crippen molar-refractivity contribution in [3.8, 4) is 23.0 Å². The lowest BCUT2D eigenvalue weighted by Gasteiger charge is -2.08. The van der Waals surface area contributed by atoms with E-state index in [0.717, 1.165) is 11.3 Å². The molecule has 162 valence electrons. The smallest absolute Gasteiger partial charge is 0.282 e. The van der Waals surface area contributed by atoms with E-state index in [1.165, 1.54) is 18.2 Å². The van der Waals surface area contributed by atoms with Crippen LogP contribution in [-0.4, -0.2) is 50.9 Å². The van der Waals surface area contributed by atoms with E-state index in [-0.39, 0.29) is 24.4 Å². The Bertz CT molecular complexity index is 1270. The maximum atomic E-state index is 12.3. The number of nitro groups is 1. The molecule has 0 atom stereocenters. The van der Waals surface area contributed by atoms with Crippen molar-refractivity contribution in [3.05, 3.63) is 76.3 Å². The largest absolute Gasteiger partial charge is 0.497 e. The lowest BCUT2D eigenvalue weighted by Crippen LogP contribution is -2.28. The van der Waals surface area contributed by atoms with Crippen LogP contribution in [0.25, 0.3) is 17.0 Å². The average molecular weight is 434 g/mol. The third kappa shape index (κ3) is 4.31. The zero-order valence-electron chi connectivity index (χ0n) is 17.0. The topological polar surface area (TPSA) is 134 Å². The van der Waals surface area contributed by atoms with Crippen LogP contribution in [0.2, 0.25) is 0 Å². The van der Waals surface area contributed by atoms with Gasteiger partial charge in [-0.15, -0.1) is 15.3 Å². The molecule has 4 rings (SSSR count). The molecule has 4 aromatic rings. The summed E-state index contributed by atoms with van der Waals surface area (Å²) in [5.74, 6) is 1.03. The van der Waals surface area contributed by atoms with Gasteiger partial charge in [0.1, 0.15) is 17.9 Å². The van der Waals surface area contributed by atoms with Crippen molar-refractivity contribution in [2.45, 2.75) is 0 Å². The fourth-order valence-electron chi connectivity index (χ4n) is 3.01. The van der Waals surface area contributed by atoms with Crippen LogP contribution in [-0.2, 0) is 0 Å². The molecule has 1 N–H and O–H groups in total. The molecule has 0 saturated heterocycles. The van der Waals surface area contributed by atoms with Crippen molar-refractivity contribution in [3.63, 3.8) is 0 Å². The minimum atomic E-state index is -0.593. The number of methoxy groups -OCH3 is 1. The van der Waals surface area contributed by atoms with Gasteiger partial charge in [0.2, 0.25) is 5.88 Å². The minimum Gasteiger partial charge on any atom is -0.497 e. The molecular weight excluding hydrogens is 416 g/mol. The summed E-state index contributed by atoms with van der Waals surface area (Å²) in [6.07, 6.45) is 0. The number of hydrogen-bond acceptors (Lipinski definition) is 8. The summed E-state index contributed by atoms with van der Waals surface area (Å²) in [6.45, 7) is 0.253. The second-order valence-corrected chi connectivity index (χ2v) is 6.57. The van der Waals surface area contributed by atoms with Gasteiger partial charge in [-0.3, -0.25) is 14.9 Å². The first kappa shape index (κ1) is 20.7. The molecule has 1 amide bonds. The molecule has 0 aliphatic rings. The number of fused-ring (bicyclic) bond motifs is 1. The maximum absolute atomic E-state index is 12.3. The van der Waals surface area contributed by atoms with Crippen molar-refractivity contribution >= 4 is 17.2 Å². The Morgan fingerprint density at radius 3 is 2.62 bits per heavy atom. The third-order valence-corrected chi connectivity index (χ3v) is 4.57. The van der Waals surface area contributed by atoms with Crippen LogP contribution in [0.3, 0.4) is 0 Å². The van der Waals surface area contributed by atoms with Crippen LogP contribution < -0.4 is 14.8 Å². The van der Waals surface area contributed by atoms with E-state index >= 15 is 0 Å². The summed E-state index contributed by atoms with van der Waals surface area (Å²) in [4.78, 5) is 22.7. The Balaban J connectivity index is 1.41. The van der Waals surface area contributed by atoms with E-state index in [1.54, 1.807) is 29.8 Å². The van der Waals surface area contributed by atoms with Crippen LogP contribution in [0, 0.1) is 10.1 Å². The van der Waals surface area contributed by atoms with Gasteiger partial charge in [-0.1, -0.05) is 12.1 Å². The number of carbonyl (C=O) groups is 1. The second-order valence-electron chi connectivity index (χ2n) is 6.57. The lowest BCUT2D eigenvalue weighted by molar-refractivity contribution is -0.385. The van der Waals surface area contributed by atoms with Gasteiger partial charge in [-0.2, -0.15) is 4.52 Å². The highest BCUT2D eigenvalue weighted by Crippen LogP contribution is 2.22. The zero-order chi connectivity index (χ0) is 22.5. The lowest BCUT2D eigenvalue weighted by atomic mass is 10.1. The molecule has 2 heterocycles. The number of benzene rings is 2. The number of nitro benzene ring substituents is 1. The number of nitrogens with zero attached hydrogens (tertiary/aromatic N) is 5. The molecule has 11 heteroatoms. The Morgan fingerprint density at radius 1 is 1.09 bits per heavy atom. The summed E-state index contributed by atoms with van der Waals surface area (Å²) in [6, 6.07) is 16.4. The highest BCUT2D eigenvalue weighted by molar-refractivity contribution is 5.98. The highest BCUT2D eigenvalue weighted by Gasteiger charge is 2.18. The predicted octanol–water partition coefficient (Wildman–Crippen LogP) is 2.52. The second kappa shape index (κ2) is 9.08. The van der Waals surface area contributed by atoms with E-state index in [9.17, 15) is 14.9 Å². The third-order valence-electron chi connectivity index (χ3n) is 4.57. The first-order valence-corrected chi connectivity index (χ1v) is 9.58. The van der Waals surface area contributed by atoms with Crippen LogP contribution in [0.5, 0.6) is 11.6 Å². The van der Waals surface area contributed by atoms with Crippen molar-refractivity contribution in [2.75, 3.05) is 20.3 Å². The van der Waals surface area contributed by atoms with Gasteiger partial charge in [-0.05, 0) is 36.4 Å². The first-order valence-electron chi connectivity index (χ1n) is 9.58. The van der Waals surface area contributed by atoms with Crippen molar-refractivity contribution in [1.29, 1.82) is 0 Å². The van der Waals surface area contributed by atoms with Crippen LogP contribution in [0.1, 0.15) is 10.4 Å². The Labute approximate surface area is 181 Å². The summed E-state index contributed by atoms with van der Waals surface area (Å²) >= 11 is 0. The number of nitrogens with one attached hydrogen (secondary N) is 1. The number of para-hydroxylation sites is 1. The van der Waals surface area contributed by atoms with Gasteiger partial charge >= 0.3 is 0 Å². The summed E-state index contributed by atoms with van der Waals surface area (Å²) in [7, 11) is 1.59. The summed E-state index contributed by atoms with van der Waals surface area (Å²) in [5, 5.41) is 26.4. The molecule has 2 aromatic carbocycles. The fraction of sp³-hybridized carbons (Fsp3) is 0.143. The summed E-state index contributed by atoms with van der Waals surface area (Å²) < 4.78 is 12.3. The standard InChI is InChI=1S/C21H18N6O5/c1-31-15-8-6-14(7-9-15)20-24-23-18-10-11-19(25-26(18)20)32-13-12-22-21(28)16-4-2-3-5-17(16)27(29)30/h2-11H,12-13H2,1H3,(H,22,28). The summed E-state index contributed by atoms with van der Waals surface area (Å²) in [5.41, 5.74) is 1.09. The van der Waals surface area contributed by atoms with E-state index in [1.807, 2.05) is 24.3 Å². The molecule has 2 aromatic heterocycles. The molecule has 0 spiro atoms. The minimum absolute atomic E-state index is 0.00864. The molecule has 0 unspecified atom stereocenters. The van der Waals surface area contributed by atoms with Gasteiger partial charge < -0.3 is 14.8 Å². The van der Waals surface area contributed by atoms with E-state index in [4.69, 9.17) is 9.47 Å². The molecular formula is C21H18N6O5. The van der Waals surface area contributed by atoms with Gasteiger partial charge in [0.05, 0.1) is 18.6 Å². The Kier molecular flexibility index (Phi) is 5.88. The molecule has 0 aliphatic carbocycles. The van der Waals surface area contributed by atoms with Gasteiger partial charge in [-0.25, -0.2) is 0 Å². The predicted molar refractivity (Wildman–Crippen MR) is 114 cm³/mol. The molecule has 0 saturated carbocycles. The molecule has 32 heavy (non-hydrogen) atoms. The van der Waals surface area contributed by atoms with E-state index < -0.39 is 10.8 Å². The monoisotopic (exact) mass is 434 g/mol. The first-order chi connectivity index (χ1) is 15.6. The average Bonchev–Trinajstić information content (AvgIpc) is 3.25. The highest BCUT2D eigenvalue weighted by atomic mass is 16.6. The number of hydrogen-bond donors (Lipinski definition) is 1. The molecule has 0 bridgehead atoms. The number of carbonyl (C=O) groups excluding carboxylic acids is 1. The number of ether oxygens (including phenoxy) is 2. The zero-order valence-corrected chi connectivity index (χ0v) is 17.0. The van der Waals surface area contributed by atoms with Crippen molar-refractivity contribution in [1.82, 2.24) is 25.1 Å². The Morgan fingerprint density at radius 2 is 1.88 bits per heavy atom. The van der Waals surface area contributed by atoms with Crippen LogP contribution >= 0.6 is 0 Å². The van der Waals surface area contributed by atoms with Crippen LogP contribution in [0.15, 0.2) is 60.7 Å². The number of aromatic nitrogens is 4.